The van der Waals surface area contributed by atoms with E-state index in [1.807, 2.05) is 48.5 Å². The molecule has 0 unspecified atom stereocenters. The highest BCUT2D eigenvalue weighted by molar-refractivity contribution is 7.98. The van der Waals surface area contributed by atoms with Gasteiger partial charge in [0.05, 0.1) is 12.1 Å². The van der Waals surface area contributed by atoms with Crippen molar-refractivity contribution in [1.82, 2.24) is 14.5 Å². The minimum Gasteiger partial charge on any atom is -0.282 e. The molecule has 5 rings (SSSR count). The second-order valence-corrected chi connectivity index (χ2v) is 9.58. The van der Waals surface area contributed by atoms with Gasteiger partial charge in [0.2, 0.25) is 0 Å². The van der Waals surface area contributed by atoms with Gasteiger partial charge < -0.3 is 0 Å². The van der Waals surface area contributed by atoms with Crippen LogP contribution >= 0.6 is 34.7 Å². The molecule has 0 N–H and O–H groups in total. The maximum absolute atomic E-state index is 13.6. The lowest BCUT2D eigenvalue weighted by Crippen LogP contribution is -2.23. The van der Waals surface area contributed by atoms with E-state index in [0.717, 1.165) is 27.0 Å². The zero-order chi connectivity index (χ0) is 21.4. The van der Waals surface area contributed by atoms with Crippen LogP contribution in [0.25, 0.3) is 20.4 Å². The first-order valence-electron chi connectivity index (χ1n) is 9.80. The SMILES string of the molecule is Cc1ccccc1CSc1nc2c(sc3ncccc32)c(=O)n1Cc1ccccc1Cl. The molecule has 2 aromatic carbocycles. The number of thiophene rings is 1. The number of aryl methyl sites for hydroxylation is 1. The summed E-state index contributed by atoms with van der Waals surface area (Å²) in [7, 11) is 0. The third-order valence-electron chi connectivity index (χ3n) is 5.22. The maximum Gasteiger partial charge on any atom is 0.272 e. The molecule has 0 atom stereocenters. The first-order chi connectivity index (χ1) is 15.1. The van der Waals surface area contributed by atoms with E-state index in [0.29, 0.717) is 21.4 Å². The lowest BCUT2D eigenvalue weighted by molar-refractivity contribution is 0.660. The third-order valence-corrected chi connectivity index (χ3v) is 7.71. The van der Waals surface area contributed by atoms with Crippen molar-refractivity contribution in [3.8, 4) is 0 Å². The van der Waals surface area contributed by atoms with Gasteiger partial charge in [0.1, 0.15) is 9.53 Å². The third kappa shape index (κ3) is 3.87. The Kier molecular flexibility index (Phi) is 5.52. The van der Waals surface area contributed by atoms with Crippen molar-refractivity contribution in [1.29, 1.82) is 0 Å². The van der Waals surface area contributed by atoms with E-state index in [1.165, 1.54) is 22.5 Å². The monoisotopic (exact) mass is 463 g/mol. The van der Waals surface area contributed by atoms with Gasteiger partial charge in [0.15, 0.2) is 5.16 Å². The number of hydrogen-bond acceptors (Lipinski definition) is 5. The molecule has 3 heterocycles. The van der Waals surface area contributed by atoms with Gasteiger partial charge >= 0.3 is 0 Å². The van der Waals surface area contributed by atoms with Crippen LogP contribution in [0.2, 0.25) is 5.02 Å². The number of aromatic nitrogens is 3. The van der Waals surface area contributed by atoms with Gasteiger partial charge in [0.25, 0.3) is 5.56 Å². The lowest BCUT2D eigenvalue weighted by Gasteiger charge is -2.13. The van der Waals surface area contributed by atoms with E-state index >= 15 is 0 Å². The molecule has 154 valence electrons. The van der Waals surface area contributed by atoms with Gasteiger partial charge in [-0.25, -0.2) is 9.97 Å². The second-order valence-electron chi connectivity index (χ2n) is 7.23. The Labute approximate surface area is 192 Å². The number of pyridine rings is 1. The van der Waals surface area contributed by atoms with Crippen molar-refractivity contribution >= 4 is 55.1 Å². The highest BCUT2D eigenvalue weighted by Gasteiger charge is 2.18. The number of halogens is 1. The summed E-state index contributed by atoms with van der Waals surface area (Å²) >= 11 is 9.37. The highest BCUT2D eigenvalue weighted by atomic mass is 35.5. The van der Waals surface area contributed by atoms with Crippen LogP contribution < -0.4 is 5.56 Å². The summed E-state index contributed by atoms with van der Waals surface area (Å²) in [5.41, 5.74) is 4.01. The highest BCUT2D eigenvalue weighted by Crippen LogP contribution is 2.32. The van der Waals surface area contributed by atoms with Crippen molar-refractivity contribution < 1.29 is 0 Å². The number of thioether (sulfide) groups is 1. The minimum absolute atomic E-state index is 0.0554. The van der Waals surface area contributed by atoms with Crippen molar-refractivity contribution in [2.45, 2.75) is 24.4 Å². The van der Waals surface area contributed by atoms with Crippen LogP contribution in [-0.4, -0.2) is 14.5 Å². The molecule has 0 aliphatic heterocycles. The average molecular weight is 464 g/mol. The predicted octanol–water partition coefficient (Wildman–Crippen LogP) is 6.31. The van der Waals surface area contributed by atoms with Crippen LogP contribution in [-0.2, 0) is 12.3 Å². The zero-order valence-electron chi connectivity index (χ0n) is 16.7. The van der Waals surface area contributed by atoms with Gasteiger partial charge in [0, 0.05) is 22.4 Å². The Morgan fingerprint density at radius 2 is 1.81 bits per heavy atom. The number of hydrogen-bond donors (Lipinski definition) is 0. The van der Waals surface area contributed by atoms with Crippen LogP contribution in [0.3, 0.4) is 0 Å². The summed E-state index contributed by atoms with van der Waals surface area (Å²) in [6.07, 6.45) is 1.74. The molecule has 5 aromatic rings. The maximum atomic E-state index is 13.6. The van der Waals surface area contributed by atoms with E-state index in [-0.39, 0.29) is 5.56 Å². The van der Waals surface area contributed by atoms with E-state index in [4.69, 9.17) is 16.6 Å². The van der Waals surface area contributed by atoms with Crippen molar-refractivity contribution in [3.63, 3.8) is 0 Å². The smallest absolute Gasteiger partial charge is 0.272 e. The summed E-state index contributed by atoms with van der Waals surface area (Å²) in [5.74, 6) is 0.730. The van der Waals surface area contributed by atoms with Crippen LogP contribution in [0.1, 0.15) is 16.7 Å². The fourth-order valence-corrected chi connectivity index (χ4v) is 5.80. The predicted molar refractivity (Wildman–Crippen MR) is 130 cm³/mol. The van der Waals surface area contributed by atoms with E-state index < -0.39 is 0 Å². The van der Waals surface area contributed by atoms with Crippen molar-refractivity contribution in [2.75, 3.05) is 0 Å². The summed E-state index contributed by atoms with van der Waals surface area (Å²) in [4.78, 5) is 23.8. The van der Waals surface area contributed by atoms with Gasteiger partial charge in [-0.05, 0) is 41.8 Å². The molecule has 0 saturated heterocycles. The molecule has 0 bridgehead atoms. The van der Waals surface area contributed by atoms with Crippen LogP contribution in [0, 0.1) is 6.92 Å². The van der Waals surface area contributed by atoms with E-state index in [9.17, 15) is 4.79 Å². The summed E-state index contributed by atoms with van der Waals surface area (Å²) < 4.78 is 2.36. The minimum atomic E-state index is -0.0554. The molecule has 0 fully saturated rings. The number of nitrogens with zero attached hydrogens (tertiary/aromatic N) is 3. The number of fused-ring (bicyclic) bond motifs is 3. The molecule has 0 aliphatic carbocycles. The van der Waals surface area contributed by atoms with Gasteiger partial charge in [-0.15, -0.1) is 11.3 Å². The summed E-state index contributed by atoms with van der Waals surface area (Å²) in [6.45, 7) is 2.47. The van der Waals surface area contributed by atoms with Crippen LogP contribution in [0.5, 0.6) is 0 Å². The first kappa shape index (κ1) is 20.2. The van der Waals surface area contributed by atoms with Gasteiger partial charge in [-0.2, -0.15) is 0 Å². The summed E-state index contributed by atoms with van der Waals surface area (Å²) in [5, 5.41) is 2.24. The van der Waals surface area contributed by atoms with Crippen LogP contribution in [0.15, 0.2) is 76.8 Å². The van der Waals surface area contributed by atoms with Crippen molar-refractivity contribution in [2.24, 2.45) is 0 Å². The molecule has 0 amide bonds. The quantitative estimate of drug-likeness (QED) is 0.226. The van der Waals surface area contributed by atoms with Gasteiger partial charge in [-0.1, -0.05) is 65.8 Å². The Hall–Kier alpha value is -2.67. The molecular weight excluding hydrogens is 446 g/mol. The standard InChI is InChI=1S/C24H18ClN3OS2/c1-15-7-2-3-9-17(15)14-30-24-27-20-18-10-6-12-26-22(18)31-21(20)23(29)28(24)13-16-8-4-5-11-19(16)25/h2-12H,13-14H2,1H3. The molecule has 0 saturated carbocycles. The first-order valence-corrected chi connectivity index (χ1v) is 12.0. The molecule has 0 spiro atoms. The zero-order valence-corrected chi connectivity index (χ0v) is 19.1. The molecular formula is C24H18ClN3OS2. The average Bonchev–Trinajstić information content (AvgIpc) is 3.16. The number of rotatable bonds is 5. The Morgan fingerprint density at radius 3 is 2.61 bits per heavy atom. The fraction of sp³-hybridized carbons (Fsp3) is 0.125. The van der Waals surface area contributed by atoms with Crippen LogP contribution in [0.4, 0.5) is 0 Å². The Balaban J connectivity index is 1.66. The largest absolute Gasteiger partial charge is 0.282 e. The van der Waals surface area contributed by atoms with Crippen molar-refractivity contribution in [3.05, 3.63) is 98.9 Å². The Bertz CT molecular complexity index is 1480. The Morgan fingerprint density at radius 1 is 1.03 bits per heavy atom. The lowest BCUT2D eigenvalue weighted by atomic mass is 10.1. The molecule has 7 heteroatoms. The second kappa shape index (κ2) is 8.46. The number of benzene rings is 2. The molecule has 4 nitrogen and oxygen atoms in total. The molecule has 0 radical (unpaired) electrons. The normalized spacial score (nSPS) is 11.4. The van der Waals surface area contributed by atoms with E-state index in [1.54, 1.807) is 22.5 Å². The fourth-order valence-electron chi connectivity index (χ4n) is 3.50. The van der Waals surface area contributed by atoms with Gasteiger partial charge in [-0.3, -0.25) is 9.36 Å². The topological polar surface area (TPSA) is 47.8 Å². The summed E-state index contributed by atoms with van der Waals surface area (Å²) in [6, 6.07) is 19.7. The van der Waals surface area contributed by atoms with E-state index in [2.05, 4.69) is 24.0 Å². The molecule has 0 aliphatic rings. The molecule has 3 aromatic heterocycles. The molecule has 31 heavy (non-hydrogen) atoms.